The third kappa shape index (κ3) is 23.7. The van der Waals surface area contributed by atoms with Crippen molar-refractivity contribution in [3.8, 4) is 23.0 Å². The number of rotatable bonds is 34. The van der Waals surface area contributed by atoms with Crippen molar-refractivity contribution in [1.82, 2.24) is 5.32 Å². The van der Waals surface area contributed by atoms with E-state index in [0.717, 1.165) is 0 Å². The third-order valence-corrected chi connectivity index (χ3v) is 7.50. The molecule has 0 aliphatic rings. The van der Waals surface area contributed by atoms with Crippen molar-refractivity contribution < 1.29 is 66.9 Å². The fraction of sp³-hybridized carbons (Fsp3) is 0.500. The van der Waals surface area contributed by atoms with Gasteiger partial charge in [-0.25, -0.2) is 0 Å². The molecule has 0 radical (unpaired) electrons. The summed E-state index contributed by atoms with van der Waals surface area (Å²) in [5.74, 6) is -0.869. The highest BCUT2D eigenvalue weighted by atomic mass is 16.6. The van der Waals surface area contributed by atoms with Gasteiger partial charge in [-0.15, -0.1) is 0 Å². The molecule has 0 atom stereocenters. The van der Waals surface area contributed by atoms with E-state index in [9.17, 15) is 24.3 Å². The van der Waals surface area contributed by atoms with Gasteiger partial charge >= 0.3 is 5.97 Å². The molecule has 2 N–H and O–H groups in total. The van der Waals surface area contributed by atoms with Crippen LogP contribution in [0, 0.1) is 0 Å². The van der Waals surface area contributed by atoms with Gasteiger partial charge in [-0.2, -0.15) is 0 Å². The number of nitrogens with one attached hydrogen (secondary N) is 1. The highest BCUT2D eigenvalue weighted by Crippen LogP contribution is 2.29. The highest BCUT2D eigenvalue weighted by Gasteiger charge is 2.12. The second-order valence-electron chi connectivity index (χ2n) is 11.9. The number of benzene rings is 2. The van der Waals surface area contributed by atoms with E-state index >= 15 is 0 Å². The molecular weight excluding hydrogens is 760 g/mol. The number of carbonyl (C=O) groups is 4. The van der Waals surface area contributed by atoms with E-state index in [4.69, 9.17) is 48.2 Å². The van der Waals surface area contributed by atoms with Crippen LogP contribution >= 0.6 is 0 Å². The molecule has 58 heavy (non-hydrogen) atoms. The molecule has 0 aliphatic heterocycles. The molecule has 18 nitrogen and oxygen atoms in total. The molecule has 1 amide bonds. The van der Waals surface area contributed by atoms with E-state index in [-0.39, 0.29) is 54.6 Å². The van der Waals surface area contributed by atoms with Crippen molar-refractivity contribution in [2.45, 2.75) is 25.7 Å². The fourth-order valence-corrected chi connectivity index (χ4v) is 4.61. The molecule has 0 aliphatic carbocycles. The molecule has 0 heterocycles. The summed E-state index contributed by atoms with van der Waals surface area (Å²) in [5.41, 5.74) is 9.37. The number of aromatic hydroxyl groups is 1. The summed E-state index contributed by atoms with van der Waals surface area (Å²) in [6, 6.07) is 9.36. The van der Waals surface area contributed by atoms with E-state index in [1.807, 2.05) is 0 Å². The van der Waals surface area contributed by atoms with Gasteiger partial charge < -0.3 is 53.1 Å². The topological polar surface area (TPSA) is 232 Å². The molecule has 318 valence electrons. The summed E-state index contributed by atoms with van der Waals surface area (Å²) >= 11 is 0. The van der Waals surface area contributed by atoms with Crippen LogP contribution in [-0.4, -0.2) is 135 Å². The number of carbonyl (C=O) groups excluding carboxylic acids is 4. The lowest BCUT2D eigenvalue weighted by atomic mass is 10.1. The number of hydrogen-bond acceptors (Lipinski definition) is 15. The minimum absolute atomic E-state index is 0.00905. The van der Waals surface area contributed by atoms with Gasteiger partial charge in [0.15, 0.2) is 34.6 Å². The van der Waals surface area contributed by atoms with Crippen LogP contribution in [0.2, 0.25) is 0 Å². The standard InChI is InChI=1S/C40H54N4O14/c1-50-37-28-31(8-12-35(37)47)6-10-33(45)30-34(46)11-7-32-9-13-36(38(29-32)51-2)58-40(49)5-3-4-39(48)42-14-16-52-18-20-54-22-24-56-26-27-57-25-23-55-21-19-53-17-15-43-44-41/h6-13,28-29,47H,3-5,14-27,30H2,1-2H3,(H,42,48). The van der Waals surface area contributed by atoms with Crippen LogP contribution in [-0.2, 0) is 47.6 Å². The number of methoxy groups -OCH3 is 2. The van der Waals surface area contributed by atoms with E-state index in [2.05, 4.69) is 15.3 Å². The molecule has 2 rings (SSSR count). The molecule has 2 aromatic carbocycles. The Kier molecular flexibility index (Phi) is 26.7. The van der Waals surface area contributed by atoms with Gasteiger partial charge in [0, 0.05) is 30.8 Å². The molecule has 0 fully saturated rings. The summed E-state index contributed by atoms with van der Waals surface area (Å²) in [7, 11) is 2.83. The van der Waals surface area contributed by atoms with Crippen molar-refractivity contribution in [1.29, 1.82) is 0 Å². The zero-order valence-electron chi connectivity index (χ0n) is 33.1. The van der Waals surface area contributed by atoms with Crippen molar-refractivity contribution in [2.75, 3.05) is 107 Å². The van der Waals surface area contributed by atoms with Crippen LogP contribution < -0.4 is 19.5 Å². The number of ketones is 2. The lowest BCUT2D eigenvalue weighted by Crippen LogP contribution is -2.27. The quantitative estimate of drug-likeness (QED) is 0.0147. The maximum atomic E-state index is 12.4. The van der Waals surface area contributed by atoms with Crippen LogP contribution in [0.3, 0.4) is 0 Å². The third-order valence-electron chi connectivity index (χ3n) is 7.50. The minimum Gasteiger partial charge on any atom is -0.504 e. The number of nitrogens with zero attached hydrogens (tertiary/aromatic N) is 3. The van der Waals surface area contributed by atoms with Crippen molar-refractivity contribution in [3.05, 3.63) is 70.1 Å². The number of azide groups is 1. The van der Waals surface area contributed by atoms with Gasteiger partial charge in [0.05, 0.1) is 99.9 Å². The molecular formula is C40H54N4O14. The second kappa shape index (κ2) is 31.7. The summed E-state index contributed by atoms with van der Waals surface area (Å²) in [4.78, 5) is 51.8. The molecule has 2 aromatic rings. The van der Waals surface area contributed by atoms with Gasteiger partial charge in [0.2, 0.25) is 5.91 Å². The monoisotopic (exact) mass is 814 g/mol. The number of phenolic OH excluding ortho intramolecular Hbond substituents is 1. The second-order valence-corrected chi connectivity index (χ2v) is 11.9. The summed E-state index contributed by atoms with van der Waals surface area (Å²) in [6.07, 6.45) is 5.69. The van der Waals surface area contributed by atoms with Gasteiger partial charge in [0.25, 0.3) is 0 Å². The zero-order valence-corrected chi connectivity index (χ0v) is 33.1. The average Bonchev–Trinajstić information content (AvgIpc) is 3.21. The number of hydrogen-bond donors (Lipinski definition) is 2. The largest absolute Gasteiger partial charge is 0.504 e. The van der Waals surface area contributed by atoms with Crippen LogP contribution in [0.5, 0.6) is 23.0 Å². The Balaban J connectivity index is 1.48. The first-order valence-corrected chi connectivity index (χ1v) is 18.7. The van der Waals surface area contributed by atoms with E-state index in [1.54, 1.807) is 24.3 Å². The normalized spacial score (nSPS) is 11.1. The maximum Gasteiger partial charge on any atom is 0.311 e. The number of ether oxygens (including phenoxy) is 9. The molecule has 0 bridgehead atoms. The molecule has 0 spiro atoms. The van der Waals surface area contributed by atoms with Crippen LogP contribution in [0.1, 0.15) is 36.8 Å². The zero-order chi connectivity index (χ0) is 42.1. The van der Waals surface area contributed by atoms with E-state index < -0.39 is 17.5 Å². The molecule has 0 unspecified atom stereocenters. The van der Waals surface area contributed by atoms with Gasteiger partial charge in [0.1, 0.15) is 0 Å². The highest BCUT2D eigenvalue weighted by molar-refractivity contribution is 6.10. The predicted octanol–water partition coefficient (Wildman–Crippen LogP) is 4.27. The van der Waals surface area contributed by atoms with Gasteiger partial charge in [-0.05, 0) is 59.5 Å². The maximum absolute atomic E-state index is 12.4. The van der Waals surface area contributed by atoms with E-state index in [0.29, 0.717) is 103 Å². The molecule has 0 saturated heterocycles. The number of allylic oxidation sites excluding steroid dienone is 2. The van der Waals surface area contributed by atoms with Crippen LogP contribution in [0.4, 0.5) is 0 Å². The van der Waals surface area contributed by atoms with Crippen LogP contribution in [0.15, 0.2) is 53.7 Å². The Morgan fingerprint density at radius 1 is 0.672 bits per heavy atom. The first-order chi connectivity index (χ1) is 28.2. The molecule has 0 saturated carbocycles. The molecule has 0 aromatic heterocycles. The average molecular weight is 815 g/mol. The summed E-state index contributed by atoms with van der Waals surface area (Å²) < 4.78 is 48.1. The van der Waals surface area contributed by atoms with Gasteiger partial charge in [-0.3, -0.25) is 19.2 Å². The SMILES string of the molecule is COc1cc(C=CC(=O)CC(=O)C=Cc2ccc(OC(=O)CCCC(=O)NCCOCCOCCOCCOCCOCCOCCN=[N+]=[N-])c(OC)c2)ccc1O. The lowest BCUT2D eigenvalue weighted by molar-refractivity contribution is -0.134. The van der Waals surface area contributed by atoms with E-state index in [1.165, 1.54) is 50.7 Å². The van der Waals surface area contributed by atoms with Crippen molar-refractivity contribution in [3.63, 3.8) is 0 Å². The lowest BCUT2D eigenvalue weighted by Gasteiger charge is -2.10. The Bertz CT molecular complexity index is 1650. The Labute approximate surface area is 337 Å². The first-order valence-electron chi connectivity index (χ1n) is 18.7. The summed E-state index contributed by atoms with van der Waals surface area (Å²) in [5, 5.41) is 15.8. The number of esters is 1. The van der Waals surface area contributed by atoms with Crippen molar-refractivity contribution in [2.24, 2.45) is 5.11 Å². The Morgan fingerprint density at radius 3 is 1.71 bits per heavy atom. The fourth-order valence-electron chi connectivity index (χ4n) is 4.61. The van der Waals surface area contributed by atoms with Gasteiger partial charge in [-0.1, -0.05) is 29.4 Å². The number of phenols is 1. The Morgan fingerprint density at radius 2 is 1.17 bits per heavy atom. The number of amides is 1. The Hall–Kier alpha value is -5.33. The first kappa shape index (κ1) is 48.8. The smallest absolute Gasteiger partial charge is 0.311 e. The predicted molar refractivity (Wildman–Crippen MR) is 212 cm³/mol. The summed E-state index contributed by atoms with van der Waals surface area (Å²) in [6.45, 7) is 5.51. The van der Waals surface area contributed by atoms with Crippen LogP contribution in [0.25, 0.3) is 22.6 Å². The molecule has 18 heteroatoms. The van der Waals surface area contributed by atoms with Crippen molar-refractivity contribution >= 4 is 35.6 Å². The minimum atomic E-state index is -0.537.